The zero-order valence-corrected chi connectivity index (χ0v) is 11.1. The highest BCUT2D eigenvalue weighted by Gasteiger charge is 2.02. The Balaban J connectivity index is 1.91. The topological polar surface area (TPSA) is 20.2 Å². The summed E-state index contributed by atoms with van der Waals surface area (Å²) in [5.74, 6) is 0. The summed E-state index contributed by atoms with van der Waals surface area (Å²) in [6.45, 7) is 0. The Morgan fingerprint density at radius 1 is 0.750 bits per heavy atom. The van der Waals surface area contributed by atoms with Crippen molar-refractivity contribution in [3.05, 3.63) is 90.0 Å². The second kappa shape index (κ2) is 5.72. The van der Waals surface area contributed by atoms with Gasteiger partial charge in [-0.1, -0.05) is 84.9 Å². The molecule has 0 saturated heterocycles. The van der Waals surface area contributed by atoms with Crippen molar-refractivity contribution in [3.8, 4) is 0 Å². The van der Waals surface area contributed by atoms with Crippen LogP contribution < -0.4 is 0 Å². The summed E-state index contributed by atoms with van der Waals surface area (Å²) in [5, 5.41) is 12.6. The minimum absolute atomic E-state index is 0.574. The average molecular weight is 260 g/mol. The van der Waals surface area contributed by atoms with Gasteiger partial charge in [0.15, 0.2) is 0 Å². The van der Waals surface area contributed by atoms with E-state index in [-0.39, 0.29) is 0 Å². The number of rotatable bonds is 3. The van der Waals surface area contributed by atoms with Gasteiger partial charge in [-0.25, -0.2) is 0 Å². The van der Waals surface area contributed by atoms with Crippen molar-refractivity contribution in [3.63, 3.8) is 0 Å². The maximum atomic E-state index is 10.2. The van der Waals surface area contributed by atoms with Gasteiger partial charge >= 0.3 is 0 Å². The third kappa shape index (κ3) is 2.63. The summed E-state index contributed by atoms with van der Waals surface area (Å²) in [6, 6.07) is 24.1. The molecule has 0 aliphatic carbocycles. The molecule has 98 valence electrons. The first-order valence-corrected chi connectivity index (χ1v) is 6.73. The van der Waals surface area contributed by atoms with Gasteiger partial charge in [-0.05, 0) is 21.9 Å². The van der Waals surface area contributed by atoms with E-state index >= 15 is 0 Å². The van der Waals surface area contributed by atoms with Crippen LogP contribution in [0.3, 0.4) is 0 Å². The summed E-state index contributed by atoms with van der Waals surface area (Å²) in [5.41, 5.74) is 2.03. The molecule has 1 nitrogen and oxygen atoms in total. The second-order valence-corrected chi connectivity index (χ2v) is 4.78. The quantitative estimate of drug-likeness (QED) is 0.730. The number of hydrogen-bond donors (Lipinski definition) is 1. The Kier molecular flexibility index (Phi) is 3.62. The molecule has 1 atom stereocenters. The van der Waals surface area contributed by atoms with Crippen molar-refractivity contribution in [2.75, 3.05) is 0 Å². The molecule has 0 heterocycles. The molecular weight excluding hydrogens is 244 g/mol. The fourth-order valence-corrected chi connectivity index (χ4v) is 2.35. The predicted molar refractivity (Wildman–Crippen MR) is 84.4 cm³/mol. The van der Waals surface area contributed by atoms with Gasteiger partial charge in [-0.3, -0.25) is 0 Å². The van der Waals surface area contributed by atoms with Crippen LogP contribution in [-0.4, -0.2) is 5.11 Å². The van der Waals surface area contributed by atoms with Gasteiger partial charge in [-0.15, -0.1) is 0 Å². The van der Waals surface area contributed by atoms with E-state index in [1.54, 1.807) is 0 Å². The minimum Gasteiger partial charge on any atom is -0.384 e. The lowest BCUT2D eigenvalue weighted by molar-refractivity contribution is 0.229. The van der Waals surface area contributed by atoms with Crippen molar-refractivity contribution in [1.29, 1.82) is 0 Å². The van der Waals surface area contributed by atoms with Gasteiger partial charge in [0.1, 0.15) is 0 Å². The molecule has 3 aromatic carbocycles. The van der Waals surface area contributed by atoms with E-state index in [1.165, 1.54) is 10.8 Å². The lowest BCUT2D eigenvalue weighted by Crippen LogP contribution is -1.91. The van der Waals surface area contributed by atoms with Gasteiger partial charge in [0.25, 0.3) is 0 Å². The SMILES string of the molecule is O[C@H](/C=C/c1cccc2ccccc12)c1ccccc1. The van der Waals surface area contributed by atoms with Crippen LogP contribution >= 0.6 is 0 Å². The maximum absolute atomic E-state index is 10.2. The second-order valence-electron chi connectivity index (χ2n) is 4.78. The zero-order valence-electron chi connectivity index (χ0n) is 11.1. The van der Waals surface area contributed by atoms with Gasteiger partial charge in [0, 0.05) is 0 Å². The molecule has 0 unspecified atom stereocenters. The van der Waals surface area contributed by atoms with E-state index in [4.69, 9.17) is 0 Å². The number of hydrogen-bond acceptors (Lipinski definition) is 1. The van der Waals surface area contributed by atoms with Crippen LogP contribution in [0.2, 0.25) is 0 Å². The number of aliphatic hydroxyl groups is 1. The maximum Gasteiger partial charge on any atom is 0.0975 e. The Labute approximate surface area is 118 Å². The molecule has 1 heteroatoms. The summed E-state index contributed by atoms with van der Waals surface area (Å²) in [7, 11) is 0. The van der Waals surface area contributed by atoms with Crippen molar-refractivity contribution < 1.29 is 5.11 Å². The molecule has 1 N–H and O–H groups in total. The molecule has 0 bridgehead atoms. The minimum atomic E-state index is -0.574. The third-order valence-corrected chi connectivity index (χ3v) is 3.42. The van der Waals surface area contributed by atoms with E-state index < -0.39 is 6.10 Å². The Morgan fingerprint density at radius 2 is 1.45 bits per heavy atom. The molecule has 3 rings (SSSR count). The smallest absolute Gasteiger partial charge is 0.0975 e. The van der Waals surface area contributed by atoms with Crippen molar-refractivity contribution in [2.24, 2.45) is 0 Å². The van der Waals surface area contributed by atoms with Gasteiger partial charge in [0.05, 0.1) is 6.10 Å². The zero-order chi connectivity index (χ0) is 13.8. The lowest BCUT2D eigenvalue weighted by Gasteiger charge is -2.06. The molecular formula is C19H16O. The Bertz CT molecular complexity index is 724. The van der Waals surface area contributed by atoms with Crippen LogP contribution in [0.1, 0.15) is 17.2 Å². The molecule has 0 aromatic heterocycles. The molecule has 3 aromatic rings. The first-order valence-electron chi connectivity index (χ1n) is 6.73. The van der Waals surface area contributed by atoms with Crippen LogP contribution in [0.5, 0.6) is 0 Å². The highest BCUT2D eigenvalue weighted by Crippen LogP contribution is 2.21. The summed E-state index contributed by atoms with van der Waals surface area (Å²) in [6.07, 6.45) is 3.24. The molecule has 0 amide bonds. The number of benzene rings is 3. The average Bonchev–Trinajstić information content (AvgIpc) is 2.53. The Morgan fingerprint density at radius 3 is 2.30 bits per heavy atom. The van der Waals surface area contributed by atoms with E-state index in [9.17, 15) is 5.11 Å². The van der Waals surface area contributed by atoms with Crippen LogP contribution in [0.25, 0.3) is 16.8 Å². The van der Waals surface area contributed by atoms with E-state index in [0.717, 1.165) is 11.1 Å². The number of fused-ring (bicyclic) bond motifs is 1. The van der Waals surface area contributed by atoms with Crippen molar-refractivity contribution >= 4 is 16.8 Å². The fourth-order valence-electron chi connectivity index (χ4n) is 2.35. The Hall–Kier alpha value is -2.38. The molecule has 0 fully saturated rings. The largest absolute Gasteiger partial charge is 0.384 e. The monoisotopic (exact) mass is 260 g/mol. The normalized spacial score (nSPS) is 12.8. The van der Waals surface area contributed by atoms with Crippen LogP contribution in [0, 0.1) is 0 Å². The standard InChI is InChI=1S/C19H16O/c20-19(17-8-2-1-3-9-17)14-13-16-11-6-10-15-7-4-5-12-18(15)16/h1-14,19-20H/b14-13+/t19-/m1/s1. The molecule has 0 saturated carbocycles. The van der Waals surface area contributed by atoms with E-state index in [2.05, 4.69) is 24.3 Å². The highest BCUT2D eigenvalue weighted by molar-refractivity contribution is 5.90. The summed E-state index contributed by atoms with van der Waals surface area (Å²) in [4.78, 5) is 0. The molecule has 0 spiro atoms. The molecule has 0 aliphatic heterocycles. The third-order valence-electron chi connectivity index (χ3n) is 3.42. The van der Waals surface area contributed by atoms with Crippen LogP contribution in [-0.2, 0) is 0 Å². The summed E-state index contributed by atoms with van der Waals surface area (Å²) >= 11 is 0. The first-order chi connectivity index (χ1) is 9.84. The highest BCUT2D eigenvalue weighted by atomic mass is 16.3. The first kappa shape index (κ1) is 12.6. The van der Waals surface area contributed by atoms with Crippen molar-refractivity contribution in [1.82, 2.24) is 0 Å². The summed E-state index contributed by atoms with van der Waals surface area (Å²) < 4.78 is 0. The van der Waals surface area contributed by atoms with Gasteiger partial charge in [0.2, 0.25) is 0 Å². The van der Waals surface area contributed by atoms with Crippen LogP contribution in [0.15, 0.2) is 78.9 Å². The predicted octanol–water partition coefficient (Wildman–Crippen LogP) is 4.59. The molecule has 0 radical (unpaired) electrons. The number of aliphatic hydroxyl groups excluding tert-OH is 1. The fraction of sp³-hybridized carbons (Fsp3) is 0.0526. The van der Waals surface area contributed by atoms with E-state index in [1.807, 2.05) is 60.7 Å². The lowest BCUT2D eigenvalue weighted by atomic mass is 10.0. The van der Waals surface area contributed by atoms with Gasteiger partial charge < -0.3 is 5.11 Å². The van der Waals surface area contributed by atoms with E-state index in [0.29, 0.717) is 0 Å². The van der Waals surface area contributed by atoms with Crippen LogP contribution in [0.4, 0.5) is 0 Å². The molecule has 20 heavy (non-hydrogen) atoms. The van der Waals surface area contributed by atoms with Crippen molar-refractivity contribution in [2.45, 2.75) is 6.10 Å². The van der Waals surface area contributed by atoms with Gasteiger partial charge in [-0.2, -0.15) is 0 Å². The molecule has 0 aliphatic rings.